The Hall–Kier alpha value is -2.08. The highest BCUT2D eigenvalue weighted by atomic mass is 32.1. The van der Waals surface area contributed by atoms with Crippen LogP contribution in [0.1, 0.15) is 28.7 Å². The molecule has 0 fully saturated rings. The highest BCUT2D eigenvalue weighted by molar-refractivity contribution is 7.83. The Morgan fingerprint density at radius 1 is 1.37 bits per heavy atom. The number of ketones is 1. The molecule has 5 nitrogen and oxygen atoms in total. The second-order valence-electron chi connectivity index (χ2n) is 4.07. The van der Waals surface area contributed by atoms with Crippen LogP contribution in [0.4, 0.5) is 0 Å². The number of aryl methyl sites for hydroxylation is 1. The van der Waals surface area contributed by atoms with Crippen molar-refractivity contribution in [2.24, 2.45) is 0 Å². The van der Waals surface area contributed by atoms with E-state index in [0.29, 0.717) is 11.3 Å². The molecule has 98 valence electrons. The Labute approximate surface area is 114 Å². The van der Waals surface area contributed by atoms with Gasteiger partial charge < -0.3 is 0 Å². The van der Waals surface area contributed by atoms with Gasteiger partial charge in [-0.2, -0.15) is 0 Å². The Morgan fingerprint density at radius 3 is 2.58 bits per heavy atom. The largest absolute Gasteiger partial charge is 0.446 e. The molecule has 0 aliphatic carbocycles. The van der Waals surface area contributed by atoms with Crippen LogP contribution in [-0.2, 0) is 0 Å². The molecule has 1 aromatic heterocycles. The molecule has 2 rings (SSSR count). The Kier molecular flexibility index (Phi) is 3.71. The van der Waals surface area contributed by atoms with E-state index in [1.807, 2.05) is 19.1 Å². The molecule has 0 spiro atoms. The van der Waals surface area contributed by atoms with Gasteiger partial charge in [0.1, 0.15) is 0 Å². The number of carbonyl (C=O) groups is 1. The van der Waals surface area contributed by atoms with Gasteiger partial charge in [0.05, 0.1) is 0 Å². The zero-order valence-electron chi connectivity index (χ0n) is 10.5. The van der Waals surface area contributed by atoms with E-state index in [-0.39, 0.29) is 11.6 Å². The number of rotatable bonds is 3. The zero-order chi connectivity index (χ0) is 14.0. The van der Waals surface area contributed by atoms with Gasteiger partial charge in [0, 0.05) is 11.3 Å². The van der Waals surface area contributed by atoms with Gasteiger partial charge in [-0.3, -0.25) is 9.32 Å². The van der Waals surface area contributed by atoms with Crippen molar-refractivity contribution >= 4 is 24.1 Å². The lowest BCUT2D eigenvalue weighted by Crippen LogP contribution is -2.18. The number of nitrogens with zero attached hydrogens (tertiary/aromatic N) is 2. The zero-order valence-corrected chi connectivity index (χ0v) is 11.3. The molecule has 0 N–H and O–H groups in total. The predicted octanol–water partition coefficient (Wildman–Crippen LogP) is 2.12. The summed E-state index contributed by atoms with van der Waals surface area (Å²) in [5.74, 6) is -1.14. The van der Waals surface area contributed by atoms with Crippen LogP contribution in [0.2, 0.25) is 0 Å². The van der Waals surface area contributed by atoms with E-state index in [2.05, 4.69) is 22.3 Å². The summed E-state index contributed by atoms with van der Waals surface area (Å²) in [6.07, 6.45) is 0. The van der Waals surface area contributed by atoms with Crippen molar-refractivity contribution in [3.05, 3.63) is 57.2 Å². The van der Waals surface area contributed by atoms with E-state index in [0.717, 1.165) is 10.1 Å². The molecular formula is C13H12N2O3S. The van der Waals surface area contributed by atoms with Gasteiger partial charge in [-0.15, -0.1) is 12.6 Å². The minimum Gasteiger partial charge on any atom is -0.295 e. The maximum absolute atomic E-state index is 12.3. The second kappa shape index (κ2) is 5.27. The summed E-state index contributed by atoms with van der Waals surface area (Å²) in [7, 11) is 0. The van der Waals surface area contributed by atoms with Crippen LogP contribution in [0.25, 0.3) is 5.70 Å². The fraction of sp³-hybridized carbons (Fsp3) is 0.154. The van der Waals surface area contributed by atoms with Crippen molar-refractivity contribution < 1.29 is 9.32 Å². The van der Waals surface area contributed by atoms with Gasteiger partial charge in [0.25, 0.3) is 0 Å². The molecule has 0 amide bonds. The van der Waals surface area contributed by atoms with E-state index in [1.165, 1.54) is 5.41 Å². The fourth-order valence-corrected chi connectivity index (χ4v) is 1.71. The lowest BCUT2D eigenvalue weighted by atomic mass is 10.1. The van der Waals surface area contributed by atoms with Crippen molar-refractivity contribution in [1.29, 1.82) is 0 Å². The predicted molar refractivity (Wildman–Crippen MR) is 74.3 cm³/mol. The first-order chi connectivity index (χ1) is 9.04. The highest BCUT2D eigenvalue weighted by Gasteiger charge is 2.20. The van der Waals surface area contributed by atoms with Gasteiger partial charge in [0.15, 0.2) is 0 Å². The molecule has 1 aromatic carbocycles. The van der Waals surface area contributed by atoms with E-state index in [4.69, 9.17) is 0 Å². The highest BCUT2D eigenvalue weighted by Crippen LogP contribution is 2.12. The van der Waals surface area contributed by atoms with Crippen LogP contribution in [0.5, 0.6) is 0 Å². The minimum absolute atomic E-state index is 0.0587. The first kappa shape index (κ1) is 13.4. The SMILES string of the molecule is C/C(=C/S)n1c(C(=O)c2ccc(C)cc2)noc1=O. The molecule has 0 radical (unpaired) electrons. The Balaban J connectivity index is 2.51. The summed E-state index contributed by atoms with van der Waals surface area (Å²) in [6, 6.07) is 7.00. The maximum atomic E-state index is 12.3. The van der Waals surface area contributed by atoms with Crippen LogP contribution in [0.15, 0.2) is 39.0 Å². The number of carbonyl (C=O) groups excluding carboxylic acids is 1. The molecule has 0 saturated carbocycles. The summed E-state index contributed by atoms with van der Waals surface area (Å²) in [5, 5.41) is 4.94. The van der Waals surface area contributed by atoms with Crippen molar-refractivity contribution in [1.82, 2.24) is 9.72 Å². The number of thiol groups is 1. The van der Waals surface area contributed by atoms with E-state index >= 15 is 0 Å². The number of hydrogen-bond donors (Lipinski definition) is 1. The third-order valence-electron chi connectivity index (χ3n) is 2.66. The second-order valence-corrected chi connectivity index (χ2v) is 4.33. The Bertz CT molecular complexity index is 695. The molecule has 0 saturated heterocycles. The number of benzene rings is 1. The maximum Gasteiger partial charge on any atom is 0.446 e. The summed E-state index contributed by atoms with van der Waals surface area (Å²) < 4.78 is 5.64. The molecule has 2 aromatic rings. The van der Waals surface area contributed by atoms with Crippen molar-refractivity contribution in [3.63, 3.8) is 0 Å². The van der Waals surface area contributed by atoms with E-state index in [9.17, 15) is 9.59 Å². The smallest absolute Gasteiger partial charge is 0.295 e. The summed E-state index contributed by atoms with van der Waals surface area (Å²) >= 11 is 3.96. The lowest BCUT2D eigenvalue weighted by Gasteiger charge is -2.03. The van der Waals surface area contributed by atoms with E-state index in [1.54, 1.807) is 19.1 Å². The Morgan fingerprint density at radius 2 is 2.00 bits per heavy atom. The molecule has 1 heterocycles. The molecule has 0 unspecified atom stereocenters. The normalized spacial score (nSPS) is 11.6. The average Bonchev–Trinajstić information content (AvgIpc) is 2.80. The monoisotopic (exact) mass is 276 g/mol. The molecule has 0 aliphatic heterocycles. The van der Waals surface area contributed by atoms with Gasteiger partial charge in [-0.1, -0.05) is 35.0 Å². The van der Waals surface area contributed by atoms with Gasteiger partial charge in [-0.05, 0) is 19.3 Å². The summed E-state index contributed by atoms with van der Waals surface area (Å²) in [5.41, 5.74) is 1.95. The van der Waals surface area contributed by atoms with Crippen molar-refractivity contribution in [2.75, 3.05) is 0 Å². The minimum atomic E-state index is -0.710. The van der Waals surface area contributed by atoms with E-state index < -0.39 is 5.76 Å². The number of hydrogen-bond acceptors (Lipinski definition) is 5. The first-order valence-electron chi connectivity index (χ1n) is 5.56. The van der Waals surface area contributed by atoms with Crippen molar-refractivity contribution in [2.45, 2.75) is 13.8 Å². The number of allylic oxidation sites excluding steroid dienone is 1. The molecule has 0 bridgehead atoms. The topological polar surface area (TPSA) is 65.1 Å². The van der Waals surface area contributed by atoms with Crippen molar-refractivity contribution in [3.8, 4) is 0 Å². The lowest BCUT2D eigenvalue weighted by molar-refractivity contribution is 0.102. The third kappa shape index (κ3) is 2.53. The van der Waals surface area contributed by atoms with Crippen LogP contribution in [0, 0.1) is 6.92 Å². The fourth-order valence-electron chi connectivity index (χ4n) is 1.60. The van der Waals surface area contributed by atoms with Gasteiger partial charge >= 0.3 is 5.76 Å². The summed E-state index contributed by atoms with van der Waals surface area (Å²) in [6.45, 7) is 3.56. The third-order valence-corrected chi connectivity index (χ3v) is 3.03. The van der Waals surface area contributed by atoms with Crippen LogP contribution in [-0.4, -0.2) is 15.5 Å². The number of aromatic nitrogens is 2. The summed E-state index contributed by atoms with van der Waals surface area (Å²) in [4.78, 5) is 23.8. The van der Waals surface area contributed by atoms with Crippen LogP contribution < -0.4 is 5.76 Å². The van der Waals surface area contributed by atoms with Gasteiger partial charge in [-0.25, -0.2) is 9.36 Å². The first-order valence-corrected chi connectivity index (χ1v) is 6.07. The van der Waals surface area contributed by atoms with Crippen LogP contribution in [0.3, 0.4) is 0 Å². The molecular weight excluding hydrogens is 264 g/mol. The average molecular weight is 276 g/mol. The molecule has 19 heavy (non-hydrogen) atoms. The standard InChI is InChI=1S/C13H12N2O3S/c1-8-3-5-10(6-4-8)11(16)12-14-18-13(17)15(12)9(2)7-19/h3-7,19H,1-2H3/b9-7-. The quantitative estimate of drug-likeness (QED) is 0.689. The molecule has 0 atom stereocenters. The van der Waals surface area contributed by atoms with Crippen LogP contribution >= 0.6 is 12.6 Å². The van der Waals surface area contributed by atoms with Gasteiger partial charge in [0.2, 0.25) is 11.6 Å². The molecule has 6 heteroatoms. The molecule has 0 aliphatic rings.